The Labute approximate surface area is 302 Å². The molecule has 0 amide bonds. The number of nitrogens with zero attached hydrogens (tertiary/aromatic N) is 4. The SMILES string of the molecule is [2H]c1c([2H])c([2H])c2c(c1[2H])c1ccc(Cc3[c-]c(-n4[c-][n+](-c5ccccc5)c5ccccc54)ccc3)[c-]c1n2-c1cc2c(cn1)oc1ccccc12.[Pt]. The fourth-order valence-electron chi connectivity index (χ4n) is 6.71. The maximum Gasteiger partial charge on any atom is 0.268 e. The number of fused-ring (bicyclic) bond motifs is 7. The molecule has 0 aliphatic rings. The van der Waals surface area contributed by atoms with E-state index in [2.05, 4.69) is 47.3 Å². The molecule has 0 saturated carbocycles. The summed E-state index contributed by atoms with van der Waals surface area (Å²) in [6, 6.07) is 44.4. The first-order chi connectivity index (χ1) is 25.4. The number of benzene rings is 6. The van der Waals surface area contributed by atoms with Crippen LogP contribution in [0.2, 0.25) is 0 Å². The third kappa shape index (κ3) is 4.81. The van der Waals surface area contributed by atoms with Crippen LogP contribution in [0.4, 0.5) is 0 Å². The fraction of sp³-hybridized carbons (Fsp3) is 0.0233. The van der Waals surface area contributed by atoms with Gasteiger partial charge < -0.3 is 13.6 Å². The number of rotatable bonds is 5. The summed E-state index contributed by atoms with van der Waals surface area (Å²) in [5.74, 6) is 0.507. The molecule has 0 saturated heterocycles. The van der Waals surface area contributed by atoms with Gasteiger partial charge in [0.05, 0.1) is 28.4 Å². The molecule has 6 heteroatoms. The number of imidazole rings is 1. The summed E-state index contributed by atoms with van der Waals surface area (Å²) in [5, 5.41) is 2.90. The minimum atomic E-state index is -0.300. The normalized spacial score (nSPS) is 12.7. The van der Waals surface area contributed by atoms with E-state index in [0.717, 1.165) is 49.9 Å². The average molecular weight is 814 g/mol. The summed E-state index contributed by atoms with van der Waals surface area (Å²) in [6.45, 7) is 0. The van der Waals surface area contributed by atoms with Gasteiger partial charge in [-0.25, -0.2) is 4.98 Å². The van der Waals surface area contributed by atoms with Gasteiger partial charge in [-0.3, -0.25) is 4.57 Å². The van der Waals surface area contributed by atoms with Crippen molar-refractivity contribution in [2.75, 3.05) is 0 Å². The van der Waals surface area contributed by atoms with Gasteiger partial charge in [-0.1, -0.05) is 84.3 Å². The van der Waals surface area contributed by atoms with Crippen LogP contribution in [-0.2, 0) is 27.5 Å². The molecule has 0 aliphatic carbocycles. The van der Waals surface area contributed by atoms with Gasteiger partial charge in [-0.2, -0.15) is 53.6 Å². The van der Waals surface area contributed by atoms with Crippen molar-refractivity contribution in [3.8, 4) is 17.2 Å². The van der Waals surface area contributed by atoms with Gasteiger partial charge in [-0.15, -0.1) is 5.39 Å². The van der Waals surface area contributed by atoms with Crippen molar-refractivity contribution in [1.29, 1.82) is 0 Å². The molecular weight excluding hydrogens is 784 g/mol. The predicted octanol–water partition coefficient (Wildman–Crippen LogP) is 9.29. The number of para-hydroxylation sites is 5. The number of furan rings is 1. The molecule has 236 valence electrons. The Balaban J connectivity index is 0.00000372. The average Bonchev–Trinajstić information content (AvgIpc) is 3.86. The van der Waals surface area contributed by atoms with Gasteiger partial charge in [0.2, 0.25) is 0 Å². The van der Waals surface area contributed by atoms with E-state index in [0.29, 0.717) is 39.6 Å². The minimum absolute atomic E-state index is 0. The van der Waals surface area contributed by atoms with Gasteiger partial charge in [0.25, 0.3) is 6.33 Å². The van der Waals surface area contributed by atoms with Crippen molar-refractivity contribution in [1.82, 2.24) is 14.1 Å². The second-order valence-electron chi connectivity index (χ2n) is 11.8. The first-order valence-electron chi connectivity index (χ1n) is 17.7. The van der Waals surface area contributed by atoms with Crippen LogP contribution in [-0.4, -0.2) is 14.1 Å². The summed E-state index contributed by atoms with van der Waals surface area (Å²) in [5.41, 5.74) is 8.07. The van der Waals surface area contributed by atoms with Crippen molar-refractivity contribution in [2.45, 2.75) is 6.42 Å². The fourth-order valence-corrected chi connectivity index (χ4v) is 6.71. The van der Waals surface area contributed by atoms with Crippen LogP contribution < -0.4 is 4.57 Å². The van der Waals surface area contributed by atoms with E-state index in [1.54, 1.807) is 10.8 Å². The molecule has 10 rings (SSSR count). The number of hydrogen-bond acceptors (Lipinski definition) is 2. The molecule has 4 heterocycles. The molecule has 0 radical (unpaired) electrons. The molecule has 5 nitrogen and oxygen atoms in total. The summed E-state index contributed by atoms with van der Waals surface area (Å²) < 4.78 is 46.8. The van der Waals surface area contributed by atoms with Crippen LogP contribution >= 0.6 is 0 Å². The van der Waals surface area contributed by atoms with Crippen LogP contribution in [0.25, 0.3) is 72.0 Å². The first kappa shape index (κ1) is 25.3. The molecule has 0 bridgehead atoms. The second-order valence-corrected chi connectivity index (χ2v) is 11.8. The van der Waals surface area contributed by atoms with Crippen molar-refractivity contribution < 1.29 is 35.5 Å². The quantitative estimate of drug-likeness (QED) is 0.129. The second kappa shape index (κ2) is 11.7. The smallest absolute Gasteiger partial charge is 0.268 e. The minimum Gasteiger partial charge on any atom is -0.454 e. The van der Waals surface area contributed by atoms with E-state index in [1.165, 1.54) is 0 Å². The van der Waals surface area contributed by atoms with Crippen molar-refractivity contribution in [3.63, 3.8) is 0 Å². The zero-order valence-corrected chi connectivity index (χ0v) is 28.0. The van der Waals surface area contributed by atoms with Crippen LogP contribution in [0.3, 0.4) is 0 Å². The summed E-state index contributed by atoms with van der Waals surface area (Å²) in [6.07, 6.45) is 5.71. The zero-order valence-electron chi connectivity index (χ0n) is 29.8. The van der Waals surface area contributed by atoms with Crippen LogP contribution in [0.5, 0.6) is 0 Å². The van der Waals surface area contributed by atoms with Gasteiger partial charge in [0.1, 0.15) is 11.4 Å². The first-order valence-corrected chi connectivity index (χ1v) is 15.7. The van der Waals surface area contributed by atoms with Crippen molar-refractivity contribution in [2.24, 2.45) is 0 Å². The molecule has 0 aliphatic heterocycles. The third-order valence-electron chi connectivity index (χ3n) is 8.89. The molecule has 0 unspecified atom stereocenters. The monoisotopic (exact) mass is 813 g/mol. The topological polar surface area (TPSA) is 39.8 Å². The van der Waals surface area contributed by atoms with Gasteiger partial charge in [0.15, 0.2) is 5.58 Å². The van der Waals surface area contributed by atoms with Crippen LogP contribution in [0.15, 0.2) is 150 Å². The molecule has 0 N–H and O–H groups in total. The molecule has 0 fully saturated rings. The molecule has 10 aromatic rings. The predicted molar refractivity (Wildman–Crippen MR) is 190 cm³/mol. The zero-order chi connectivity index (χ0) is 35.1. The summed E-state index contributed by atoms with van der Waals surface area (Å²) in [7, 11) is 0. The maximum absolute atomic E-state index is 8.98. The van der Waals surface area contributed by atoms with Gasteiger partial charge in [0, 0.05) is 37.4 Å². The summed E-state index contributed by atoms with van der Waals surface area (Å²) in [4.78, 5) is 4.76. The van der Waals surface area contributed by atoms with Crippen LogP contribution in [0.1, 0.15) is 16.6 Å². The Morgan fingerprint density at radius 2 is 1.51 bits per heavy atom. The van der Waals surface area contributed by atoms with E-state index in [4.69, 9.17) is 14.9 Å². The van der Waals surface area contributed by atoms with E-state index in [9.17, 15) is 0 Å². The largest absolute Gasteiger partial charge is 0.454 e. The van der Waals surface area contributed by atoms with Crippen molar-refractivity contribution >= 4 is 54.8 Å². The maximum atomic E-state index is 8.98. The van der Waals surface area contributed by atoms with E-state index in [1.807, 2.05) is 95.6 Å². The number of aromatic nitrogens is 4. The number of pyridine rings is 1. The molecule has 0 spiro atoms. The van der Waals surface area contributed by atoms with E-state index >= 15 is 0 Å². The third-order valence-corrected chi connectivity index (χ3v) is 8.89. The standard InChI is InChI=1S/C43H26N4O.Pt/c1-2-12-31(13-3-1)45-28-46(39-19-8-7-18-38(39)45)32-14-10-11-29(24-32)23-30-21-22-34-33-15-4-6-17-37(33)47(40(34)25-30)43-26-36-35-16-5-9-20-41(35)48-42(36)27-44-43;/h1-22,26-27H,23H2;/q-2;/i4D,6D,15D,17D;. The molecule has 49 heavy (non-hydrogen) atoms. The molecule has 4 aromatic heterocycles. The van der Waals surface area contributed by atoms with Gasteiger partial charge >= 0.3 is 0 Å². The molecule has 0 atom stereocenters. The Morgan fingerprint density at radius 1 is 0.694 bits per heavy atom. The summed E-state index contributed by atoms with van der Waals surface area (Å²) >= 11 is 0. The van der Waals surface area contributed by atoms with Gasteiger partial charge in [-0.05, 0) is 47.8 Å². The Bertz CT molecular complexity index is 3060. The molecule has 6 aromatic carbocycles. The Hall–Kier alpha value is -5.77. The van der Waals surface area contributed by atoms with Crippen LogP contribution in [0, 0.1) is 18.5 Å². The Kier molecular flexibility index (Phi) is 6.05. The van der Waals surface area contributed by atoms with E-state index in [-0.39, 0.29) is 45.2 Å². The number of hydrogen-bond donors (Lipinski definition) is 0. The van der Waals surface area contributed by atoms with E-state index < -0.39 is 0 Å². The molecular formula is C43H26N4OPt-2. The van der Waals surface area contributed by atoms with Crippen molar-refractivity contribution in [3.05, 3.63) is 175 Å². The Morgan fingerprint density at radius 3 is 2.45 bits per heavy atom.